The van der Waals surface area contributed by atoms with E-state index in [1.54, 1.807) is 13.0 Å². The molecule has 9 heteroatoms. The average molecular weight is 393 g/mol. The summed E-state index contributed by atoms with van der Waals surface area (Å²) >= 11 is 0. The van der Waals surface area contributed by atoms with E-state index in [2.05, 4.69) is 26.7 Å². The molecule has 0 spiro atoms. The van der Waals surface area contributed by atoms with E-state index in [0.717, 1.165) is 31.0 Å². The number of halogens is 1. The third-order valence-corrected chi connectivity index (χ3v) is 7.45. The number of benzene rings is 1. The molecule has 2 aliphatic heterocycles. The monoisotopic (exact) mass is 393 g/mol. The van der Waals surface area contributed by atoms with Crippen molar-refractivity contribution in [1.29, 1.82) is 0 Å². The second kappa shape index (κ2) is 6.96. The van der Waals surface area contributed by atoms with Gasteiger partial charge in [0, 0.05) is 26.1 Å². The fraction of sp³-hybridized carbons (Fsp3) is 0.556. The van der Waals surface area contributed by atoms with Crippen LogP contribution in [0.2, 0.25) is 0 Å². The Labute approximate surface area is 158 Å². The third-order valence-electron chi connectivity index (χ3n) is 5.54. The van der Waals surface area contributed by atoms with Gasteiger partial charge in [0.05, 0.1) is 6.04 Å². The van der Waals surface area contributed by atoms with Crippen molar-refractivity contribution in [1.82, 2.24) is 24.0 Å². The van der Waals surface area contributed by atoms with Crippen molar-refractivity contribution < 1.29 is 12.8 Å². The molecule has 7 nitrogen and oxygen atoms in total. The van der Waals surface area contributed by atoms with E-state index >= 15 is 0 Å². The van der Waals surface area contributed by atoms with Crippen LogP contribution in [0.5, 0.6) is 0 Å². The smallest absolute Gasteiger partial charge is 0.246 e. The van der Waals surface area contributed by atoms with Gasteiger partial charge in [0.1, 0.15) is 22.4 Å². The molecule has 0 amide bonds. The Balaban J connectivity index is 1.60. The Morgan fingerprint density at radius 3 is 2.70 bits per heavy atom. The Kier molecular flexibility index (Phi) is 4.77. The molecule has 1 fully saturated rings. The maximum absolute atomic E-state index is 14.2. The largest absolute Gasteiger partial charge is 0.312 e. The Morgan fingerprint density at radius 2 is 1.96 bits per heavy atom. The molecular formula is C18H24FN5O2S. The number of fused-ring (bicyclic) bond motifs is 1. The zero-order chi connectivity index (χ0) is 19.2. The van der Waals surface area contributed by atoms with Crippen molar-refractivity contribution in [3.05, 3.63) is 41.2 Å². The lowest BCUT2D eigenvalue weighted by atomic mass is 10.2. The van der Waals surface area contributed by atoms with Crippen molar-refractivity contribution in [2.45, 2.75) is 43.7 Å². The minimum Gasteiger partial charge on any atom is -0.312 e. The number of hydrogen-bond acceptors (Lipinski definition) is 5. The normalized spacial score (nSPS) is 22.0. The molecule has 0 bridgehead atoms. The van der Waals surface area contributed by atoms with Crippen molar-refractivity contribution in [2.24, 2.45) is 0 Å². The van der Waals surface area contributed by atoms with Gasteiger partial charge in [-0.25, -0.2) is 12.8 Å². The van der Waals surface area contributed by atoms with Crippen LogP contribution >= 0.6 is 0 Å². The molecule has 1 saturated heterocycles. The van der Waals surface area contributed by atoms with Crippen LogP contribution in [0.3, 0.4) is 0 Å². The highest BCUT2D eigenvalue weighted by molar-refractivity contribution is 7.89. The molecule has 4 rings (SSSR count). The Hall–Kier alpha value is -1.84. The van der Waals surface area contributed by atoms with Crippen molar-refractivity contribution >= 4 is 10.0 Å². The lowest BCUT2D eigenvalue weighted by Gasteiger charge is -2.22. The summed E-state index contributed by atoms with van der Waals surface area (Å²) < 4.78 is 43.6. The molecule has 27 heavy (non-hydrogen) atoms. The first kappa shape index (κ1) is 18.5. The number of hydrogen-bond donors (Lipinski definition) is 0. The standard InChI is InChI=1S/C18H24FN5O2S/c1-13-5-6-14(19)16(12-13)27(25,26)23-9-7-17-20-21-18(24(17)11-10-23)15-4-3-8-22(15)2/h5-6,12,15H,3-4,7-11H2,1-2H3/t15-/m0/s1. The predicted octanol–water partition coefficient (Wildman–Crippen LogP) is 1.74. The fourth-order valence-corrected chi connectivity index (χ4v) is 5.58. The highest BCUT2D eigenvalue weighted by atomic mass is 32.2. The zero-order valence-electron chi connectivity index (χ0n) is 15.6. The summed E-state index contributed by atoms with van der Waals surface area (Å²) in [6, 6.07) is 4.41. The molecule has 1 atom stereocenters. The summed E-state index contributed by atoms with van der Waals surface area (Å²) in [5, 5.41) is 8.69. The lowest BCUT2D eigenvalue weighted by Crippen LogP contribution is -2.34. The maximum Gasteiger partial charge on any atom is 0.246 e. The molecular weight excluding hydrogens is 369 g/mol. The molecule has 146 valence electrons. The summed E-state index contributed by atoms with van der Waals surface area (Å²) in [6.07, 6.45) is 2.62. The van der Waals surface area contributed by atoms with Gasteiger partial charge in [-0.1, -0.05) is 6.07 Å². The number of sulfonamides is 1. The van der Waals surface area contributed by atoms with Gasteiger partial charge in [-0.15, -0.1) is 10.2 Å². The van der Waals surface area contributed by atoms with Gasteiger partial charge >= 0.3 is 0 Å². The average Bonchev–Trinajstić information content (AvgIpc) is 3.16. The van der Waals surface area contributed by atoms with Crippen LogP contribution in [0, 0.1) is 12.7 Å². The first-order valence-corrected chi connectivity index (χ1v) is 10.7. The van der Waals surface area contributed by atoms with Crippen LogP contribution in [0.1, 0.15) is 36.1 Å². The summed E-state index contributed by atoms with van der Waals surface area (Å²) in [5.74, 6) is 0.996. The number of aryl methyl sites for hydroxylation is 1. The molecule has 1 aromatic heterocycles. The van der Waals surface area contributed by atoms with Crippen LogP contribution in [0.4, 0.5) is 4.39 Å². The van der Waals surface area contributed by atoms with Crippen molar-refractivity contribution in [3.8, 4) is 0 Å². The van der Waals surface area contributed by atoms with E-state index in [9.17, 15) is 12.8 Å². The second-order valence-corrected chi connectivity index (χ2v) is 9.26. The molecule has 3 heterocycles. The van der Waals surface area contributed by atoms with E-state index < -0.39 is 15.8 Å². The molecule has 0 unspecified atom stereocenters. The van der Waals surface area contributed by atoms with Gasteiger partial charge in [0.25, 0.3) is 0 Å². The van der Waals surface area contributed by atoms with Gasteiger partial charge in [0.15, 0.2) is 0 Å². The van der Waals surface area contributed by atoms with Crippen molar-refractivity contribution in [2.75, 3.05) is 26.7 Å². The van der Waals surface area contributed by atoms with Gasteiger partial charge in [-0.2, -0.15) is 4.31 Å². The Morgan fingerprint density at radius 1 is 1.15 bits per heavy atom. The van der Waals surface area contributed by atoms with E-state index in [1.807, 2.05) is 0 Å². The van der Waals surface area contributed by atoms with Crippen LogP contribution in [-0.2, 0) is 23.0 Å². The van der Waals surface area contributed by atoms with E-state index in [1.165, 1.54) is 16.4 Å². The third kappa shape index (κ3) is 3.28. The molecule has 0 radical (unpaired) electrons. The minimum atomic E-state index is -3.89. The highest BCUT2D eigenvalue weighted by Gasteiger charge is 2.33. The van der Waals surface area contributed by atoms with Gasteiger partial charge < -0.3 is 4.57 Å². The topological polar surface area (TPSA) is 71.3 Å². The molecule has 1 aromatic carbocycles. The quantitative estimate of drug-likeness (QED) is 0.794. The minimum absolute atomic E-state index is 0.226. The van der Waals surface area contributed by atoms with E-state index in [-0.39, 0.29) is 24.0 Å². The van der Waals surface area contributed by atoms with Crippen LogP contribution in [0.15, 0.2) is 23.1 Å². The van der Waals surface area contributed by atoms with Crippen molar-refractivity contribution in [3.63, 3.8) is 0 Å². The summed E-state index contributed by atoms with van der Waals surface area (Å²) in [5.41, 5.74) is 0.716. The molecule has 0 saturated carbocycles. The van der Waals surface area contributed by atoms with E-state index in [0.29, 0.717) is 18.5 Å². The summed E-state index contributed by atoms with van der Waals surface area (Å²) in [7, 11) is -1.81. The van der Waals surface area contributed by atoms with Crippen LogP contribution in [-0.4, -0.2) is 59.1 Å². The van der Waals surface area contributed by atoms with Crippen LogP contribution < -0.4 is 0 Å². The summed E-state index contributed by atoms with van der Waals surface area (Å²) in [4.78, 5) is 2.01. The fourth-order valence-electron chi connectivity index (χ4n) is 4.00. The first-order chi connectivity index (χ1) is 12.9. The highest BCUT2D eigenvalue weighted by Crippen LogP contribution is 2.30. The van der Waals surface area contributed by atoms with Gasteiger partial charge in [-0.3, -0.25) is 4.90 Å². The zero-order valence-corrected chi connectivity index (χ0v) is 16.4. The SMILES string of the molecule is Cc1ccc(F)c(S(=O)(=O)N2CCc3nnc([C@@H]4CCCN4C)n3CC2)c1. The molecule has 0 aliphatic carbocycles. The maximum atomic E-state index is 14.2. The number of nitrogens with zero attached hydrogens (tertiary/aromatic N) is 5. The van der Waals surface area contributed by atoms with E-state index in [4.69, 9.17) is 0 Å². The van der Waals surface area contributed by atoms with Gasteiger partial charge in [-0.05, 0) is 51.1 Å². The van der Waals surface area contributed by atoms with Crippen LogP contribution in [0.25, 0.3) is 0 Å². The number of rotatable bonds is 3. The lowest BCUT2D eigenvalue weighted by molar-refractivity contribution is 0.295. The molecule has 2 aromatic rings. The predicted molar refractivity (Wildman–Crippen MR) is 98.2 cm³/mol. The first-order valence-electron chi connectivity index (χ1n) is 9.26. The van der Waals surface area contributed by atoms with Gasteiger partial charge in [0.2, 0.25) is 10.0 Å². The number of aromatic nitrogens is 3. The molecule has 0 N–H and O–H groups in total. The molecule has 2 aliphatic rings. The second-order valence-electron chi connectivity index (χ2n) is 7.35. The number of likely N-dealkylation sites (tertiary alicyclic amines) is 1. The summed E-state index contributed by atoms with van der Waals surface area (Å²) in [6.45, 7) is 3.82. The Bertz CT molecular complexity index is 959.